The Morgan fingerprint density at radius 2 is 1.92 bits per heavy atom. The van der Waals surface area contributed by atoms with E-state index in [-0.39, 0.29) is 0 Å². The van der Waals surface area contributed by atoms with Crippen molar-refractivity contribution in [1.29, 1.82) is 0 Å². The number of hydrogen-bond acceptors (Lipinski definition) is 2. The Labute approximate surface area is 75.8 Å². The molecule has 0 aliphatic heterocycles. The van der Waals surface area contributed by atoms with Gasteiger partial charge in [-0.25, -0.2) is 0 Å². The molecule has 0 aliphatic rings. The number of carbonyl (C=O) groups excluding carboxylic acids is 1. The van der Waals surface area contributed by atoms with E-state index in [1.165, 1.54) is 0 Å². The molecule has 0 aromatic heterocycles. The van der Waals surface area contributed by atoms with Gasteiger partial charge in [-0.15, -0.1) is 0 Å². The van der Waals surface area contributed by atoms with Gasteiger partial charge in [0.1, 0.15) is 0 Å². The molecule has 12 heavy (non-hydrogen) atoms. The second-order valence-electron chi connectivity index (χ2n) is 2.57. The molecule has 1 aromatic rings. The summed E-state index contributed by atoms with van der Waals surface area (Å²) in [4.78, 5) is 10.6. The molecular weight excluding hydrogens is 176 g/mol. The summed E-state index contributed by atoms with van der Waals surface area (Å²) < 4.78 is 0. The molecule has 1 aromatic carbocycles. The maximum absolute atomic E-state index is 10.6. The number of aliphatic hydroxyl groups is 1. The molecule has 0 spiro atoms. The Balaban J connectivity index is 2.93. The van der Waals surface area contributed by atoms with Crippen molar-refractivity contribution in [3.05, 3.63) is 35.4 Å². The van der Waals surface area contributed by atoms with Crippen LogP contribution in [0.15, 0.2) is 24.3 Å². The van der Waals surface area contributed by atoms with Gasteiger partial charge in [0.25, 0.3) is 5.24 Å². The van der Waals surface area contributed by atoms with Gasteiger partial charge in [0.2, 0.25) is 0 Å². The summed E-state index contributed by atoms with van der Waals surface area (Å²) >= 11 is 5.23. The highest BCUT2D eigenvalue weighted by Crippen LogP contribution is 2.13. The fourth-order valence-corrected chi connectivity index (χ4v) is 1.02. The van der Waals surface area contributed by atoms with Crippen LogP contribution in [0, 0.1) is 0 Å². The van der Waals surface area contributed by atoms with Crippen molar-refractivity contribution in [3.63, 3.8) is 0 Å². The zero-order valence-electron chi connectivity index (χ0n) is 6.62. The molecule has 0 radical (unpaired) electrons. The average molecular weight is 185 g/mol. The number of aliphatic hydroxyl groups excluding tert-OH is 1. The molecule has 0 amide bonds. The van der Waals surface area contributed by atoms with Crippen molar-refractivity contribution in [1.82, 2.24) is 0 Å². The summed E-state index contributed by atoms with van der Waals surface area (Å²) in [5, 5.41) is 8.66. The minimum Gasteiger partial charge on any atom is -0.389 e. The van der Waals surface area contributed by atoms with E-state index in [2.05, 4.69) is 0 Å². The SMILES string of the molecule is CC(O)c1ccc(C(=O)Cl)cc1. The molecule has 1 unspecified atom stereocenters. The van der Waals surface area contributed by atoms with Crippen molar-refractivity contribution in [2.24, 2.45) is 0 Å². The number of carbonyl (C=O) groups is 1. The molecule has 64 valence electrons. The lowest BCUT2D eigenvalue weighted by atomic mass is 10.1. The third-order valence-electron chi connectivity index (χ3n) is 1.62. The minimum atomic E-state index is -0.510. The Morgan fingerprint density at radius 1 is 1.42 bits per heavy atom. The minimum absolute atomic E-state index is 0.445. The van der Waals surface area contributed by atoms with Crippen LogP contribution in [0.2, 0.25) is 0 Å². The maximum Gasteiger partial charge on any atom is 0.252 e. The van der Waals surface area contributed by atoms with Gasteiger partial charge in [-0.05, 0) is 36.2 Å². The summed E-state index contributed by atoms with van der Waals surface area (Å²) in [5.41, 5.74) is 1.22. The largest absolute Gasteiger partial charge is 0.389 e. The van der Waals surface area contributed by atoms with Crippen molar-refractivity contribution in [2.45, 2.75) is 13.0 Å². The Kier molecular flexibility index (Phi) is 2.84. The van der Waals surface area contributed by atoms with Gasteiger partial charge in [0, 0.05) is 5.56 Å². The maximum atomic E-state index is 10.6. The summed E-state index contributed by atoms with van der Waals surface area (Å²) in [6.07, 6.45) is -0.510. The average Bonchev–Trinajstić information content (AvgIpc) is 2.04. The van der Waals surface area contributed by atoms with E-state index in [1.807, 2.05) is 0 Å². The predicted molar refractivity (Wildman–Crippen MR) is 47.3 cm³/mol. The van der Waals surface area contributed by atoms with Gasteiger partial charge in [-0.3, -0.25) is 4.79 Å². The Morgan fingerprint density at radius 3 is 2.25 bits per heavy atom. The third-order valence-corrected chi connectivity index (χ3v) is 1.84. The van der Waals surface area contributed by atoms with Crippen LogP contribution in [0.1, 0.15) is 28.9 Å². The first-order valence-corrected chi connectivity index (χ1v) is 3.97. The number of hydrogen-bond donors (Lipinski definition) is 1. The van der Waals surface area contributed by atoms with E-state index in [0.29, 0.717) is 5.56 Å². The van der Waals surface area contributed by atoms with Gasteiger partial charge in [0.05, 0.1) is 6.10 Å². The van der Waals surface area contributed by atoms with Gasteiger partial charge < -0.3 is 5.11 Å². The lowest BCUT2D eigenvalue weighted by molar-refractivity contribution is 0.108. The molecule has 1 N–H and O–H groups in total. The fraction of sp³-hybridized carbons (Fsp3) is 0.222. The van der Waals surface area contributed by atoms with Crippen LogP contribution in [0.5, 0.6) is 0 Å². The molecule has 0 heterocycles. The van der Waals surface area contributed by atoms with E-state index in [0.717, 1.165) is 5.56 Å². The molecule has 0 aliphatic carbocycles. The smallest absolute Gasteiger partial charge is 0.252 e. The molecule has 2 nitrogen and oxygen atoms in total. The van der Waals surface area contributed by atoms with Crippen LogP contribution < -0.4 is 0 Å². The van der Waals surface area contributed by atoms with Crippen LogP contribution in [-0.2, 0) is 0 Å². The highest BCUT2D eigenvalue weighted by molar-refractivity contribution is 6.67. The topological polar surface area (TPSA) is 37.3 Å². The summed E-state index contributed by atoms with van der Waals surface area (Å²) in [6.45, 7) is 1.66. The first kappa shape index (κ1) is 9.23. The summed E-state index contributed by atoms with van der Waals surface area (Å²) in [6, 6.07) is 6.55. The molecule has 1 rings (SSSR count). The highest BCUT2D eigenvalue weighted by Gasteiger charge is 2.03. The highest BCUT2D eigenvalue weighted by atomic mass is 35.5. The Hall–Kier alpha value is -0.860. The van der Waals surface area contributed by atoms with Crippen molar-refractivity contribution < 1.29 is 9.90 Å². The lowest BCUT2D eigenvalue weighted by Gasteiger charge is -2.03. The van der Waals surface area contributed by atoms with Crippen LogP contribution >= 0.6 is 11.6 Å². The third kappa shape index (κ3) is 2.06. The predicted octanol–water partition coefficient (Wildman–Crippen LogP) is 2.12. The van der Waals surface area contributed by atoms with E-state index in [9.17, 15) is 4.79 Å². The fourth-order valence-electron chi connectivity index (χ4n) is 0.893. The Bertz CT molecular complexity index is 277. The first-order chi connectivity index (χ1) is 5.61. The normalized spacial score (nSPS) is 12.6. The molecule has 0 bridgehead atoms. The van der Waals surface area contributed by atoms with Crippen molar-refractivity contribution in [2.75, 3.05) is 0 Å². The number of benzene rings is 1. The first-order valence-electron chi connectivity index (χ1n) is 3.59. The summed E-state index contributed by atoms with van der Waals surface area (Å²) in [5.74, 6) is 0. The van der Waals surface area contributed by atoms with Gasteiger partial charge in [0.15, 0.2) is 0 Å². The molecular formula is C9H9ClO2. The monoisotopic (exact) mass is 184 g/mol. The molecule has 1 atom stereocenters. The molecule has 0 saturated carbocycles. The van der Waals surface area contributed by atoms with Crippen molar-refractivity contribution >= 4 is 16.8 Å². The van der Waals surface area contributed by atoms with E-state index in [1.54, 1.807) is 31.2 Å². The number of halogens is 1. The quantitative estimate of drug-likeness (QED) is 0.715. The molecule has 0 saturated heterocycles. The van der Waals surface area contributed by atoms with Gasteiger partial charge in [-0.1, -0.05) is 12.1 Å². The standard InChI is InChI=1S/C9H9ClO2/c1-6(11)7-2-4-8(5-3-7)9(10)12/h2-6,11H,1H3. The van der Waals surface area contributed by atoms with Crippen molar-refractivity contribution in [3.8, 4) is 0 Å². The van der Waals surface area contributed by atoms with E-state index in [4.69, 9.17) is 16.7 Å². The van der Waals surface area contributed by atoms with Gasteiger partial charge in [-0.2, -0.15) is 0 Å². The second kappa shape index (κ2) is 3.70. The van der Waals surface area contributed by atoms with Crippen LogP contribution in [0.4, 0.5) is 0 Å². The van der Waals surface area contributed by atoms with E-state index < -0.39 is 11.3 Å². The second-order valence-corrected chi connectivity index (χ2v) is 2.91. The lowest BCUT2D eigenvalue weighted by Crippen LogP contribution is -1.93. The molecule has 3 heteroatoms. The van der Waals surface area contributed by atoms with Crippen LogP contribution in [0.25, 0.3) is 0 Å². The number of rotatable bonds is 2. The molecule has 0 fully saturated rings. The van der Waals surface area contributed by atoms with Crippen LogP contribution in [-0.4, -0.2) is 10.3 Å². The summed E-state index contributed by atoms with van der Waals surface area (Å²) in [7, 11) is 0. The zero-order chi connectivity index (χ0) is 9.14. The van der Waals surface area contributed by atoms with Crippen LogP contribution in [0.3, 0.4) is 0 Å². The van der Waals surface area contributed by atoms with E-state index >= 15 is 0 Å². The zero-order valence-corrected chi connectivity index (χ0v) is 7.38. The van der Waals surface area contributed by atoms with Gasteiger partial charge >= 0.3 is 0 Å².